The van der Waals surface area contributed by atoms with E-state index in [1.54, 1.807) is 12.7 Å². The molecule has 0 N–H and O–H groups in total. The highest BCUT2D eigenvalue weighted by Crippen LogP contribution is 2.22. The Kier molecular flexibility index (Phi) is 7.71. The van der Waals surface area contributed by atoms with Crippen LogP contribution in [0.15, 0.2) is 43.1 Å². The van der Waals surface area contributed by atoms with Gasteiger partial charge < -0.3 is 9.47 Å². The van der Waals surface area contributed by atoms with Gasteiger partial charge in [-0.1, -0.05) is 19.9 Å². The number of hydrogen-bond acceptors (Lipinski definition) is 3. The van der Waals surface area contributed by atoms with E-state index in [4.69, 9.17) is 0 Å². The highest BCUT2D eigenvalue weighted by atomic mass is 35.5. The van der Waals surface area contributed by atoms with Crippen LogP contribution in [-0.2, 0) is 6.54 Å². The van der Waals surface area contributed by atoms with Gasteiger partial charge in [0.1, 0.15) is 12.7 Å². The summed E-state index contributed by atoms with van der Waals surface area (Å²) in [6.45, 7) is 9.54. The standard InChI is InChI=1S/C20H27N5.2ClH/c1-16-10-17(2)13-23(12-16)7-3-8-24-9-6-18-4-5-19(11-20(18)24)25-14-21-22-15-25;;/h4-6,9,11,14-17H,3,7-8,10,12-13H2,1-2H3;2*1H. The fraction of sp³-hybridized carbons (Fsp3) is 0.500. The normalized spacial score (nSPS) is 20.2. The van der Waals surface area contributed by atoms with Gasteiger partial charge in [0.25, 0.3) is 0 Å². The smallest absolute Gasteiger partial charge is 0.123 e. The first-order valence-electron chi connectivity index (χ1n) is 9.35. The van der Waals surface area contributed by atoms with Crippen LogP contribution in [0.1, 0.15) is 26.7 Å². The van der Waals surface area contributed by atoms with E-state index in [9.17, 15) is 0 Å². The van der Waals surface area contributed by atoms with Crippen molar-refractivity contribution in [3.8, 4) is 5.69 Å². The second-order valence-corrected chi connectivity index (χ2v) is 7.68. The Balaban J connectivity index is 0.00000131. The molecule has 1 fully saturated rings. The lowest BCUT2D eigenvalue weighted by molar-refractivity contribution is 0.138. The van der Waals surface area contributed by atoms with E-state index in [0.717, 1.165) is 24.1 Å². The molecule has 1 aliphatic heterocycles. The molecule has 0 saturated carbocycles. The molecule has 1 aliphatic rings. The summed E-state index contributed by atoms with van der Waals surface area (Å²) < 4.78 is 4.33. The van der Waals surface area contributed by atoms with Gasteiger partial charge in [-0.15, -0.1) is 35.0 Å². The Bertz CT molecular complexity index is 820. The Hall–Kier alpha value is -1.56. The third-order valence-electron chi connectivity index (χ3n) is 5.29. The molecule has 2 atom stereocenters. The molecule has 27 heavy (non-hydrogen) atoms. The lowest BCUT2D eigenvalue weighted by atomic mass is 9.92. The summed E-state index contributed by atoms with van der Waals surface area (Å²) in [7, 11) is 0. The van der Waals surface area contributed by atoms with Crippen LogP contribution in [0.3, 0.4) is 0 Å². The zero-order valence-electron chi connectivity index (χ0n) is 16.0. The number of aromatic nitrogens is 4. The molecule has 0 amide bonds. The third kappa shape index (κ3) is 5.03. The van der Waals surface area contributed by atoms with Gasteiger partial charge in [0.05, 0.1) is 11.2 Å². The summed E-state index contributed by atoms with van der Waals surface area (Å²) in [5, 5.41) is 9.09. The maximum Gasteiger partial charge on any atom is 0.123 e. The van der Waals surface area contributed by atoms with Crippen LogP contribution in [0.4, 0.5) is 0 Å². The number of halogens is 2. The minimum absolute atomic E-state index is 0. The molecule has 7 heteroatoms. The van der Waals surface area contributed by atoms with Gasteiger partial charge in [0, 0.05) is 25.8 Å². The minimum atomic E-state index is 0. The van der Waals surface area contributed by atoms with E-state index in [2.05, 4.69) is 64.0 Å². The molecule has 4 rings (SSSR count). The second kappa shape index (κ2) is 9.58. The van der Waals surface area contributed by atoms with Crippen LogP contribution in [0, 0.1) is 11.8 Å². The molecule has 3 aromatic rings. The lowest BCUT2D eigenvalue weighted by Gasteiger charge is -2.35. The molecular formula is C20H29Cl2N5. The first kappa shape index (κ1) is 21.7. The van der Waals surface area contributed by atoms with Crippen LogP contribution in [0.2, 0.25) is 0 Å². The molecule has 5 nitrogen and oxygen atoms in total. The van der Waals surface area contributed by atoms with Crippen molar-refractivity contribution in [1.29, 1.82) is 0 Å². The van der Waals surface area contributed by atoms with Crippen molar-refractivity contribution in [2.45, 2.75) is 33.2 Å². The summed E-state index contributed by atoms with van der Waals surface area (Å²) in [6.07, 6.45) is 8.27. The van der Waals surface area contributed by atoms with E-state index in [1.165, 1.54) is 43.4 Å². The van der Waals surface area contributed by atoms with Crippen molar-refractivity contribution in [1.82, 2.24) is 24.2 Å². The summed E-state index contributed by atoms with van der Waals surface area (Å²) in [5.74, 6) is 1.67. The van der Waals surface area contributed by atoms with E-state index in [1.807, 2.05) is 4.57 Å². The summed E-state index contributed by atoms with van der Waals surface area (Å²) >= 11 is 0. The first-order valence-corrected chi connectivity index (χ1v) is 9.35. The number of likely N-dealkylation sites (tertiary alicyclic amines) is 1. The van der Waals surface area contributed by atoms with Crippen LogP contribution in [-0.4, -0.2) is 43.9 Å². The predicted molar refractivity (Wildman–Crippen MR) is 115 cm³/mol. The number of fused-ring (bicyclic) bond motifs is 1. The molecule has 0 aliphatic carbocycles. The zero-order chi connectivity index (χ0) is 17.2. The number of nitrogens with zero attached hydrogens (tertiary/aromatic N) is 5. The van der Waals surface area contributed by atoms with E-state index in [0.29, 0.717) is 0 Å². The molecule has 148 valence electrons. The van der Waals surface area contributed by atoms with Gasteiger partial charge in [-0.3, -0.25) is 4.57 Å². The fourth-order valence-electron chi connectivity index (χ4n) is 4.30. The number of rotatable bonds is 5. The SMILES string of the molecule is CC1CC(C)CN(CCCn2ccc3ccc(-n4cnnc4)cc32)C1.Cl.Cl. The third-order valence-corrected chi connectivity index (χ3v) is 5.29. The van der Waals surface area contributed by atoms with Crippen molar-refractivity contribution in [2.75, 3.05) is 19.6 Å². The van der Waals surface area contributed by atoms with Crippen LogP contribution in [0.5, 0.6) is 0 Å². The van der Waals surface area contributed by atoms with Crippen molar-refractivity contribution in [3.05, 3.63) is 43.1 Å². The highest BCUT2D eigenvalue weighted by molar-refractivity contribution is 5.85. The average Bonchev–Trinajstić information content (AvgIpc) is 3.23. The molecule has 1 saturated heterocycles. The quantitative estimate of drug-likeness (QED) is 0.625. The minimum Gasteiger partial charge on any atom is -0.347 e. The molecule has 3 heterocycles. The van der Waals surface area contributed by atoms with Gasteiger partial charge >= 0.3 is 0 Å². The predicted octanol–water partition coefficient (Wildman–Crippen LogP) is 4.43. The Morgan fingerprint density at radius 3 is 2.37 bits per heavy atom. The number of piperidine rings is 1. The van der Waals surface area contributed by atoms with Crippen molar-refractivity contribution in [2.24, 2.45) is 11.8 Å². The van der Waals surface area contributed by atoms with E-state index >= 15 is 0 Å². The van der Waals surface area contributed by atoms with Gasteiger partial charge in [-0.05, 0) is 54.8 Å². The number of benzene rings is 1. The molecule has 0 spiro atoms. The Morgan fingerprint density at radius 1 is 0.963 bits per heavy atom. The molecule has 2 aromatic heterocycles. The van der Waals surface area contributed by atoms with Crippen molar-refractivity contribution < 1.29 is 0 Å². The summed E-state index contributed by atoms with van der Waals surface area (Å²) in [5.41, 5.74) is 2.39. The highest BCUT2D eigenvalue weighted by Gasteiger charge is 2.21. The van der Waals surface area contributed by atoms with Crippen LogP contribution < -0.4 is 0 Å². The monoisotopic (exact) mass is 409 g/mol. The number of aryl methyl sites for hydroxylation is 1. The van der Waals surface area contributed by atoms with Crippen LogP contribution in [0.25, 0.3) is 16.6 Å². The van der Waals surface area contributed by atoms with Crippen LogP contribution >= 0.6 is 24.8 Å². The first-order chi connectivity index (χ1) is 12.2. The van der Waals surface area contributed by atoms with Gasteiger partial charge in [0.15, 0.2) is 0 Å². The molecule has 0 bridgehead atoms. The molecule has 1 aromatic carbocycles. The Labute approximate surface area is 173 Å². The molecular weight excluding hydrogens is 381 g/mol. The Morgan fingerprint density at radius 2 is 1.67 bits per heavy atom. The van der Waals surface area contributed by atoms with Crippen molar-refractivity contribution in [3.63, 3.8) is 0 Å². The maximum atomic E-state index is 3.90. The summed E-state index contributed by atoms with van der Waals surface area (Å²) in [4.78, 5) is 2.65. The zero-order valence-corrected chi connectivity index (χ0v) is 17.6. The molecule has 2 unspecified atom stereocenters. The average molecular weight is 410 g/mol. The van der Waals surface area contributed by atoms with Gasteiger partial charge in [-0.25, -0.2) is 0 Å². The lowest BCUT2D eigenvalue weighted by Crippen LogP contribution is -2.39. The maximum absolute atomic E-state index is 3.90. The number of hydrogen-bond donors (Lipinski definition) is 0. The second-order valence-electron chi connectivity index (χ2n) is 7.68. The largest absolute Gasteiger partial charge is 0.347 e. The van der Waals surface area contributed by atoms with Crippen molar-refractivity contribution >= 4 is 35.7 Å². The van der Waals surface area contributed by atoms with E-state index in [-0.39, 0.29) is 24.8 Å². The fourth-order valence-corrected chi connectivity index (χ4v) is 4.30. The summed E-state index contributed by atoms with van der Waals surface area (Å²) in [6, 6.07) is 8.72. The van der Waals surface area contributed by atoms with E-state index < -0.39 is 0 Å². The topological polar surface area (TPSA) is 38.9 Å². The molecule has 0 radical (unpaired) electrons. The van der Waals surface area contributed by atoms with Gasteiger partial charge in [-0.2, -0.15) is 0 Å². The van der Waals surface area contributed by atoms with Gasteiger partial charge in [0.2, 0.25) is 0 Å².